The Balaban J connectivity index is 2.62. The van der Waals surface area contributed by atoms with Crippen LogP contribution in [0.3, 0.4) is 0 Å². The molecule has 4 heteroatoms. The van der Waals surface area contributed by atoms with Gasteiger partial charge >= 0.3 is 0 Å². The van der Waals surface area contributed by atoms with Crippen LogP contribution in [0.1, 0.15) is 10.5 Å². The van der Waals surface area contributed by atoms with E-state index in [2.05, 4.69) is 11.6 Å². The van der Waals surface area contributed by atoms with Crippen LogP contribution in [0.5, 0.6) is 0 Å². The molecule has 0 fully saturated rings. The number of carbonyl (C=O) groups excluding carboxylic acids is 1. The fourth-order valence-corrected chi connectivity index (χ4v) is 1.47. The van der Waals surface area contributed by atoms with Crippen molar-refractivity contribution in [1.29, 1.82) is 0 Å². The first kappa shape index (κ1) is 8.74. The smallest absolute Gasteiger partial charge is 0.279 e. The molecule has 0 aromatic carbocycles. The number of hydrogen-bond acceptors (Lipinski definition) is 3. The minimum atomic E-state index is -0.108. The second-order valence-electron chi connectivity index (χ2n) is 3.21. The topological polar surface area (TPSA) is 36.4 Å². The third-order valence-electron chi connectivity index (χ3n) is 2.43. The van der Waals surface area contributed by atoms with Crippen molar-refractivity contribution in [3.63, 3.8) is 0 Å². The summed E-state index contributed by atoms with van der Waals surface area (Å²) in [6.07, 6.45) is 1.62. The van der Waals surface area contributed by atoms with Gasteiger partial charge < -0.3 is 4.90 Å². The maximum atomic E-state index is 11.7. The Morgan fingerprint density at radius 2 is 2.07 bits per heavy atom. The van der Waals surface area contributed by atoms with Crippen LogP contribution < -0.4 is 4.90 Å². The van der Waals surface area contributed by atoms with E-state index in [0.717, 1.165) is 5.69 Å². The molecule has 0 atom stereocenters. The highest BCUT2D eigenvalue weighted by Gasteiger charge is 2.28. The van der Waals surface area contributed by atoms with Gasteiger partial charge in [0, 0.05) is 20.3 Å². The molecule has 2 rings (SSSR count). The lowest BCUT2D eigenvalue weighted by atomic mass is 10.2. The van der Waals surface area contributed by atoms with E-state index in [9.17, 15) is 4.79 Å². The highest BCUT2D eigenvalue weighted by Crippen LogP contribution is 2.27. The van der Waals surface area contributed by atoms with Crippen LogP contribution in [0.25, 0.3) is 0 Å². The fourth-order valence-electron chi connectivity index (χ4n) is 1.47. The van der Waals surface area contributed by atoms with Gasteiger partial charge in [0.05, 0.1) is 5.69 Å². The number of rotatable bonds is 0. The monoisotopic (exact) mass is 189 g/mol. The Morgan fingerprint density at radius 3 is 2.79 bits per heavy atom. The minimum absolute atomic E-state index is 0.108. The number of aromatic nitrogens is 1. The third kappa shape index (κ3) is 1.00. The maximum absolute atomic E-state index is 11.7. The molecule has 1 amide bonds. The zero-order valence-electron chi connectivity index (χ0n) is 8.19. The predicted octanol–water partition coefficient (Wildman–Crippen LogP) is 1.07. The average molecular weight is 189 g/mol. The second kappa shape index (κ2) is 2.83. The van der Waals surface area contributed by atoms with E-state index in [1.165, 1.54) is 4.90 Å². The van der Waals surface area contributed by atoms with Gasteiger partial charge in [-0.3, -0.25) is 9.69 Å². The number of carbonyl (C=O) groups is 1. The van der Waals surface area contributed by atoms with Gasteiger partial charge in [0.1, 0.15) is 5.82 Å². The Morgan fingerprint density at radius 1 is 1.36 bits per heavy atom. The third-order valence-corrected chi connectivity index (χ3v) is 2.43. The molecule has 0 spiro atoms. The predicted molar refractivity (Wildman–Crippen MR) is 53.9 cm³/mol. The lowest BCUT2D eigenvalue weighted by Gasteiger charge is -2.34. The van der Waals surface area contributed by atoms with Crippen LogP contribution in [0.4, 0.5) is 5.69 Å². The van der Waals surface area contributed by atoms with Gasteiger partial charge in [-0.1, -0.05) is 6.58 Å². The zero-order chi connectivity index (χ0) is 10.3. The largest absolute Gasteiger partial charge is 0.329 e. The molecule has 0 saturated carbocycles. The van der Waals surface area contributed by atoms with Crippen molar-refractivity contribution < 1.29 is 4.79 Å². The molecule has 2 heterocycles. The summed E-state index contributed by atoms with van der Waals surface area (Å²) < 4.78 is 0. The fraction of sp³-hybridized carbons (Fsp3) is 0.200. The molecular formula is C10H11N3O. The molecule has 0 radical (unpaired) electrons. The van der Waals surface area contributed by atoms with E-state index in [4.69, 9.17) is 0 Å². The summed E-state index contributed by atoms with van der Waals surface area (Å²) in [6, 6.07) is 3.67. The summed E-state index contributed by atoms with van der Waals surface area (Å²) in [4.78, 5) is 19.2. The molecule has 0 N–H and O–H groups in total. The van der Waals surface area contributed by atoms with Crippen LogP contribution in [0.2, 0.25) is 0 Å². The standard InChI is InChI=1S/C10H11N3O/c1-7-12(2)8-5-4-6-11-9(8)10(14)13(7)3/h4-6H,1H2,2-3H3. The van der Waals surface area contributed by atoms with E-state index < -0.39 is 0 Å². The first-order chi connectivity index (χ1) is 6.63. The minimum Gasteiger partial charge on any atom is -0.329 e. The summed E-state index contributed by atoms with van der Waals surface area (Å²) in [5.74, 6) is 0.555. The molecule has 1 aromatic heterocycles. The van der Waals surface area contributed by atoms with Gasteiger partial charge in [0.15, 0.2) is 5.69 Å². The lowest BCUT2D eigenvalue weighted by Crippen LogP contribution is -2.40. The summed E-state index contributed by atoms with van der Waals surface area (Å²) in [7, 11) is 3.56. The highest BCUT2D eigenvalue weighted by atomic mass is 16.2. The molecule has 1 aliphatic heterocycles. The molecule has 0 aliphatic carbocycles. The van der Waals surface area contributed by atoms with Gasteiger partial charge in [-0.05, 0) is 12.1 Å². The molecule has 0 bridgehead atoms. The molecular weight excluding hydrogens is 178 g/mol. The van der Waals surface area contributed by atoms with Crippen molar-refractivity contribution in [2.24, 2.45) is 0 Å². The lowest BCUT2D eigenvalue weighted by molar-refractivity contribution is 0.0820. The Kier molecular flexibility index (Phi) is 1.77. The molecule has 0 saturated heterocycles. The van der Waals surface area contributed by atoms with Gasteiger partial charge in [0.2, 0.25) is 0 Å². The second-order valence-corrected chi connectivity index (χ2v) is 3.21. The normalized spacial score (nSPS) is 15.9. The zero-order valence-corrected chi connectivity index (χ0v) is 8.19. The van der Waals surface area contributed by atoms with Crippen LogP contribution >= 0.6 is 0 Å². The highest BCUT2D eigenvalue weighted by molar-refractivity contribution is 6.01. The van der Waals surface area contributed by atoms with Gasteiger partial charge in [-0.15, -0.1) is 0 Å². The van der Waals surface area contributed by atoms with E-state index >= 15 is 0 Å². The van der Waals surface area contributed by atoms with Crippen molar-refractivity contribution in [2.45, 2.75) is 0 Å². The van der Waals surface area contributed by atoms with Crippen LogP contribution in [0.15, 0.2) is 30.7 Å². The van der Waals surface area contributed by atoms with E-state index in [1.54, 1.807) is 19.3 Å². The maximum Gasteiger partial charge on any atom is 0.279 e. The van der Waals surface area contributed by atoms with E-state index in [1.807, 2.05) is 18.0 Å². The average Bonchev–Trinajstić information content (AvgIpc) is 2.23. The number of hydrogen-bond donors (Lipinski definition) is 0. The Labute approximate surface area is 82.5 Å². The molecule has 14 heavy (non-hydrogen) atoms. The van der Waals surface area contributed by atoms with Crippen molar-refractivity contribution in [3.05, 3.63) is 36.4 Å². The SMILES string of the molecule is C=C1N(C)C(=O)c2ncccc2N1C. The van der Waals surface area contributed by atoms with Gasteiger partial charge in [-0.2, -0.15) is 0 Å². The first-order valence-electron chi connectivity index (χ1n) is 4.28. The van der Waals surface area contributed by atoms with Crippen molar-refractivity contribution in [3.8, 4) is 0 Å². The quantitative estimate of drug-likeness (QED) is 0.612. The van der Waals surface area contributed by atoms with Crippen molar-refractivity contribution >= 4 is 11.6 Å². The number of amides is 1. The number of fused-ring (bicyclic) bond motifs is 1. The number of pyridine rings is 1. The van der Waals surface area contributed by atoms with Crippen LogP contribution in [-0.2, 0) is 0 Å². The molecule has 1 aromatic rings. The molecule has 1 aliphatic rings. The van der Waals surface area contributed by atoms with Crippen LogP contribution in [0, 0.1) is 0 Å². The summed E-state index contributed by atoms with van der Waals surface area (Å²) in [5, 5.41) is 0. The van der Waals surface area contributed by atoms with E-state index in [0.29, 0.717) is 11.5 Å². The van der Waals surface area contributed by atoms with E-state index in [-0.39, 0.29) is 5.91 Å². The van der Waals surface area contributed by atoms with Crippen molar-refractivity contribution in [2.75, 3.05) is 19.0 Å². The number of anilines is 1. The first-order valence-corrected chi connectivity index (χ1v) is 4.28. The number of nitrogens with zero attached hydrogens (tertiary/aromatic N) is 3. The Bertz CT molecular complexity index is 414. The summed E-state index contributed by atoms with van der Waals surface area (Å²) in [6.45, 7) is 3.83. The molecule has 4 nitrogen and oxygen atoms in total. The van der Waals surface area contributed by atoms with Crippen molar-refractivity contribution in [1.82, 2.24) is 9.88 Å². The molecule has 0 unspecified atom stereocenters. The van der Waals surface area contributed by atoms with Gasteiger partial charge in [0.25, 0.3) is 5.91 Å². The van der Waals surface area contributed by atoms with Crippen LogP contribution in [-0.4, -0.2) is 29.9 Å². The summed E-state index contributed by atoms with van der Waals surface area (Å²) >= 11 is 0. The summed E-state index contributed by atoms with van der Waals surface area (Å²) in [5.41, 5.74) is 1.28. The van der Waals surface area contributed by atoms with Gasteiger partial charge in [-0.25, -0.2) is 4.98 Å². The Hall–Kier alpha value is -1.84. The molecule has 72 valence electrons.